The average molecular weight is 226 g/mol. The van der Waals surface area contributed by atoms with Crippen LogP contribution < -0.4 is 5.32 Å². The molecule has 0 aliphatic heterocycles. The molecule has 13 heavy (non-hydrogen) atoms. The van der Waals surface area contributed by atoms with Gasteiger partial charge in [0.05, 0.1) is 5.75 Å². The first kappa shape index (κ1) is 11.3. The molecular weight excluding hydrogens is 210 g/mol. The standard InChI is InChI=1S/C8H16ClNO2S/c1-13(11,12)6-5-10-8(7-9)3-2-4-8/h10H,2-7H2,1H3. The molecule has 0 atom stereocenters. The molecule has 1 fully saturated rings. The van der Waals surface area contributed by atoms with Crippen LogP contribution in [0.25, 0.3) is 0 Å². The summed E-state index contributed by atoms with van der Waals surface area (Å²) in [4.78, 5) is 0. The first-order valence-electron chi connectivity index (χ1n) is 4.46. The quantitative estimate of drug-likeness (QED) is 0.704. The molecule has 78 valence electrons. The Morgan fingerprint density at radius 1 is 1.46 bits per heavy atom. The van der Waals surface area contributed by atoms with E-state index in [-0.39, 0.29) is 11.3 Å². The van der Waals surface area contributed by atoms with Crippen molar-refractivity contribution >= 4 is 21.4 Å². The molecule has 0 amide bonds. The molecule has 0 aromatic carbocycles. The van der Waals surface area contributed by atoms with Gasteiger partial charge in [0.15, 0.2) is 0 Å². The van der Waals surface area contributed by atoms with Crippen molar-refractivity contribution in [3.63, 3.8) is 0 Å². The van der Waals surface area contributed by atoms with Crippen molar-refractivity contribution in [3.8, 4) is 0 Å². The maximum Gasteiger partial charge on any atom is 0.148 e. The normalized spacial score (nSPS) is 21.1. The topological polar surface area (TPSA) is 46.2 Å². The number of hydrogen-bond acceptors (Lipinski definition) is 3. The van der Waals surface area contributed by atoms with Crippen molar-refractivity contribution in [3.05, 3.63) is 0 Å². The van der Waals surface area contributed by atoms with Crippen LogP contribution in [-0.2, 0) is 9.84 Å². The maximum absolute atomic E-state index is 10.8. The van der Waals surface area contributed by atoms with Gasteiger partial charge in [0.1, 0.15) is 9.84 Å². The first-order chi connectivity index (χ1) is 5.97. The number of rotatable bonds is 5. The van der Waals surface area contributed by atoms with Gasteiger partial charge in [0.25, 0.3) is 0 Å². The second-order valence-corrected chi connectivity index (χ2v) is 6.35. The zero-order valence-corrected chi connectivity index (χ0v) is 9.42. The number of nitrogens with one attached hydrogen (secondary N) is 1. The van der Waals surface area contributed by atoms with Gasteiger partial charge in [-0.1, -0.05) is 0 Å². The van der Waals surface area contributed by atoms with Gasteiger partial charge in [0, 0.05) is 24.2 Å². The smallest absolute Gasteiger partial charge is 0.148 e. The summed E-state index contributed by atoms with van der Waals surface area (Å²) in [5.41, 5.74) is 0.0340. The van der Waals surface area contributed by atoms with Gasteiger partial charge in [-0.25, -0.2) is 8.42 Å². The molecule has 0 spiro atoms. The van der Waals surface area contributed by atoms with Gasteiger partial charge < -0.3 is 5.32 Å². The van der Waals surface area contributed by atoms with Crippen molar-refractivity contribution in [2.75, 3.05) is 24.4 Å². The van der Waals surface area contributed by atoms with Gasteiger partial charge in [-0.15, -0.1) is 11.6 Å². The molecule has 0 unspecified atom stereocenters. The van der Waals surface area contributed by atoms with Gasteiger partial charge in [-0.05, 0) is 19.3 Å². The Balaban J connectivity index is 2.26. The van der Waals surface area contributed by atoms with Crippen LogP contribution in [0.2, 0.25) is 0 Å². The molecule has 0 bridgehead atoms. The Morgan fingerprint density at radius 3 is 2.38 bits per heavy atom. The molecule has 0 heterocycles. The molecule has 1 aliphatic carbocycles. The van der Waals surface area contributed by atoms with Crippen molar-refractivity contribution in [1.29, 1.82) is 0 Å². The summed E-state index contributed by atoms with van der Waals surface area (Å²) in [6.07, 6.45) is 4.59. The van der Waals surface area contributed by atoms with Gasteiger partial charge in [0.2, 0.25) is 0 Å². The third kappa shape index (κ3) is 3.44. The Bertz CT molecular complexity index is 254. The summed E-state index contributed by atoms with van der Waals surface area (Å²) >= 11 is 5.80. The summed E-state index contributed by atoms with van der Waals surface area (Å²) in [5.74, 6) is 0.780. The Hall–Kier alpha value is 0.200. The molecule has 1 aliphatic rings. The number of alkyl halides is 1. The molecule has 0 aromatic heterocycles. The monoisotopic (exact) mass is 225 g/mol. The predicted molar refractivity (Wildman–Crippen MR) is 55.0 cm³/mol. The molecular formula is C8H16ClNO2S. The summed E-state index contributed by atoms with van der Waals surface area (Å²) in [6, 6.07) is 0. The summed E-state index contributed by atoms with van der Waals surface area (Å²) in [6.45, 7) is 0.519. The van der Waals surface area contributed by atoms with E-state index in [1.165, 1.54) is 12.7 Å². The van der Waals surface area contributed by atoms with E-state index >= 15 is 0 Å². The highest BCUT2D eigenvalue weighted by Crippen LogP contribution is 2.32. The van der Waals surface area contributed by atoms with Crippen molar-refractivity contribution in [2.45, 2.75) is 24.8 Å². The highest BCUT2D eigenvalue weighted by molar-refractivity contribution is 7.90. The second-order valence-electron chi connectivity index (χ2n) is 3.82. The number of halogens is 1. The van der Waals surface area contributed by atoms with E-state index in [9.17, 15) is 8.42 Å². The van der Waals surface area contributed by atoms with E-state index < -0.39 is 9.84 Å². The zero-order valence-electron chi connectivity index (χ0n) is 7.85. The fourth-order valence-corrected chi connectivity index (χ4v) is 2.30. The molecule has 3 nitrogen and oxygen atoms in total. The molecule has 0 aromatic rings. The lowest BCUT2D eigenvalue weighted by atomic mass is 9.78. The Morgan fingerprint density at radius 2 is 2.08 bits per heavy atom. The fourth-order valence-electron chi connectivity index (χ4n) is 1.46. The summed E-state index contributed by atoms with van der Waals surface area (Å²) in [7, 11) is -2.84. The molecule has 5 heteroatoms. The lowest BCUT2D eigenvalue weighted by molar-refractivity contribution is 0.218. The highest BCUT2D eigenvalue weighted by atomic mass is 35.5. The van der Waals surface area contributed by atoms with E-state index in [4.69, 9.17) is 11.6 Å². The van der Waals surface area contributed by atoms with Gasteiger partial charge in [-0.3, -0.25) is 0 Å². The van der Waals surface area contributed by atoms with Crippen LogP contribution >= 0.6 is 11.6 Å². The van der Waals surface area contributed by atoms with Crippen LogP contribution in [0.1, 0.15) is 19.3 Å². The lowest BCUT2D eigenvalue weighted by Gasteiger charge is -2.41. The number of sulfone groups is 1. The average Bonchev–Trinajstić information content (AvgIpc) is 1.92. The van der Waals surface area contributed by atoms with E-state index in [1.807, 2.05) is 0 Å². The molecule has 1 N–H and O–H groups in total. The van der Waals surface area contributed by atoms with E-state index in [0.717, 1.165) is 12.8 Å². The minimum Gasteiger partial charge on any atom is -0.309 e. The third-order valence-electron chi connectivity index (χ3n) is 2.54. The highest BCUT2D eigenvalue weighted by Gasteiger charge is 2.35. The minimum atomic E-state index is -2.84. The fraction of sp³-hybridized carbons (Fsp3) is 1.00. The van der Waals surface area contributed by atoms with E-state index in [0.29, 0.717) is 12.4 Å². The zero-order chi connectivity index (χ0) is 9.95. The van der Waals surface area contributed by atoms with Crippen molar-refractivity contribution in [1.82, 2.24) is 5.32 Å². The predicted octanol–water partition coefficient (Wildman–Crippen LogP) is 0.782. The van der Waals surface area contributed by atoms with Crippen molar-refractivity contribution in [2.24, 2.45) is 0 Å². The van der Waals surface area contributed by atoms with Gasteiger partial charge in [-0.2, -0.15) is 0 Å². The number of hydrogen-bond donors (Lipinski definition) is 1. The van der Waals surface area contributed by atoms with Crippen LogP contribution in [0.5, 0.6) is 0 Å². The van der Waals surface area contributed by atoms with Crippen LogP contribution in [0, 0.1) is 0 Å². The van der Waals surface area contributed by atoms with Gasteiger partial charge >= 0.3 is 0 Å². The van der Waals surface area contributed by atoms with Crippen LogP contribution in [-0.4, -0.2) is 38.4 Å². The summed E-state index contributed by atoms with van der Waals surface area (Å²) < 4.78 is 21.7. The maximum atomic E-state index is 10.8. The molecule has 0 saturated heterocycles. The molecule has 0 radical (unpaired) electrons. The van der Waals surface area contributed by atoms with E-state index in [2.05, 4.69) is 5.32 Å². The van der Waals surface area contributed by atoms with Crippen LogP contribution in [0.4, 0.5) is 0 Å². The van der Waals surface area contributed by atoms with Crippen LogP contribution in [0.3, 0.4) is 0 Å². The third-order valence-corrected chi connectivity index (χ3v) is 4.00. The largest absolute Gasteiger partial charge is 0.309 e. The molecule has 1 saturated carbocycles. The SMILES string of the molecule is CS(=O)(=O)CCNC1(CCl)CCC1. The first-order valence-corrected chi connectivity index (χ1v) is 7.06. The van der Waals surface area contributed by atoms with Crippen LogP contribution in [0.15, 0.2) is 0 Å². The van der Waals surface area contributed by atoms with Crippen molar-refractivity contribution < 1.29 is 8.42 Å². The summed E-state index contributed by atoms with van der Waals surface area (Å²) in [5, 5.41) is 3.23. The molecule has 1 rings (SSSR count). The second kappa shape index (κ2) is 4.15. The lowest BCUT2D eigenvalue weighted by Crippen LogP contribution is -2.53. The Kier molecular flexibility index (Phi) is 3.60. The van der Waals surface area contributed by atoms with E-state index in [1.54, 1.807) is 0 Å². The Labute approximate surface area is 84.8 Å². The minimum absolute atomic E-state index is 0.0340.